The topological polar surface area (TPSA) is 75.7 Å². The first-order valence-electron chi connectivity index (χ1n) is 7.14. The summed E-state index contributed by atoms with van der Waals surface area (Å²) in [6, 6.07) is -0.784. The van der Waals surface area contributed by atoms with Gasteiger partial charge < -0.3 is 19.7 Å². The van der Waals surface area contributed by atoms with Gasteiger partial charge in [-0.25, -0.2) is 4.79 Å². The molecule has 9 heteroatoms. The van der Waals surface area contributed by atoms with Gasteiger partial charge >= 0.3 is 18.2 Å². The zero-order chi connectivity index (χ0) is 18.3. The van der Waals surface area contributed by atoms with Crippen molar-refractivity contribution in [1.29, 1.82) is 0 Å². The second-order valence-electron chi connectivity index (χ2n) is 6.11. The third-order valence-electron chi connectivity index (χ3n) is 2.71. The maximum atomic E-state index is 12.2. The molecule has 6 nitrogen and oxygen atoms in total. The molecule has 0 saturated carbocycles. The van der Waals surface area contributed by atoms with Crippen LogP contribution in [-0.4, -0.2) is 54.6 Å². The highest BCUT2D eigenvalue weighted by atomic mass is 19.4. The van der Waals surface area contributed by atoms with Gasteiger partial charge in [0.25, 0.3) is 0 Å². The Kier molecular flexibility index (Phi) is 8.05. The fourth-order valence-corrected chi connectivity index (χ4v) is 1.66. The number of nitrogens with one attached hydrogen (secondary N) is 1. The number of ether oxygens (including phenoxy) is 1. The SMILES string of the molecule is CN(CCCC[C@@H](C=O)NC(=O)OC(C)(C)C)C(=O)C(F)(F)F. The molecular formula is C14H23F3N2O4. The number of alkyl halides is 3. The van der Waals surface area contributed by atoms with Crippen LogP contribution >= 0.6 is 0 Å². The van der Waals surface area contributed by atoms with Gasteiger partial charge in [0.05, 0.1) is 6.04 Å². The Morgan fingerprint density at radius 3 is 2.22 bits per heavy atom. The van der Waals surface area contributed by atoms with Crippen molar-refractivity contribution in [3.8, 4) is 0 Å². The van der Waals surface area contributed by atoms with E-state index in [1.165, 1.54) is 0 Å². The monoisotopic (exact) mass is 340 g/mol. The highest BCUT2D eigenvalue weighted by molar-refractivity contribution is 5.81. The number of alkyl carbamates (subject to hydrolysis) is 1. The molecule has 23 heavy (non-hydrogen) atoms. The first-order valence-corrected chi connectivity index (χ1v) is 7.14. The second kappa shape index (κ2) is 8.73. The van der Waals surface area contributed by atoms with Crippen LogP contribution in [0.25, 0.3) is 0 Å². The predicted molar refractivity (Wildman–Crippen MR) is 76.8 cm³/mol. The standard InChI is InChI=1S/C14H23F3N2O4/c1-13(2,3)23-12(22)18-10(9-20)7-5-6-8-19(4)11(21)14(15,16)17/h9-10H,5-8H2,1-4H3,(H,18,22)/t10-/m0/s1. The Hall–Kier alpha value is -1.80. The van der Waals surface area contributed by atoms with Crippen molar-refractivity contribution in [2.45, 2.75) is 57.9 Å². The number of nitrogens with zero attached hydrogens (tertiary/aromatic N) is 1. The molecule has 1 N–H and O–H groups in total. The molecule has 0 bridgehead atoms. The van der Waals surface area contributed by atoms with Gasteiger partial charge in [0, 0.05) is 13.6 Å². The van der Waals surface area contributed by atoms with Crippen molar-refractivity contribution >= 4 is 18.3 Å². The maximum Gasteiger partial charge on any atom is 0.471 e. The minimum absolute atomic E-state index is 0.0869. The van der Waals surface area contributed by atoms with E-state index in [4.69, 9.17) is 4.74 Å². The molecule has 0 heterocycles. The van der Waals surface area contributed by atoms with E-state index in [9.17, 15) is 27.6 Å². The van der Waals surface area contributed by atoms with Crippen LogP contribution in [0.15, 0.2) is 0 Å². The summed E-state index contributed by atoms with van der Waals surface area (Å²) in [5.74, 6) is -1.91. The summed E-state index contributed by atoms with van der Waals surface area (Å²) in [4.78, 5) is 33.9. The number of halogens is 3. The summed E-state index contributed by atoms with van der Waals surface area (Å²) in [7, 11) is 1.06. The van der Waals surface area contributed by atoms with E-state index < -0.39 is 29.8 Å². The molecular weight excluding hydrogens is 317 g/mol. The highest BCUT2D eigenvalue weighted by Gasteiger charge is 2.40. The van der Waals surface area contributed by atoms with Crippen molar-refractivity contribution in [3.05, 3.63) is 0 Å². The third kappa shape index (κ3) is 9.75. The molecule has 0 rings (SSSR count). The van der Waals surface area contributed by atoms with E-state index in [1.54, 1.807) is 20.8 Å². The number of amides is 2. The lowest BCUT2D eigenvalue weighted by molar-refractivity contribution is -0.184. The van der Waals surface area contributed by atoms with Crippen molar-refractivity contribution < 1.29 is 32.3 Å². The summed E-state index contributed by atoms with van der Waals surface area (Å²) in [5, 5.41) is 2.37. The Morgan fingerprint density at radius 1 is 1.22 bits per heavy atom. The molecule has 0 aromatic carbocycles. The minimum atomic E-state index is -4.89. The molecule has 134 valence electrons. The molecule has 0 aliphatic rings. The van der Waals surface area contributed by atoms with Crippen molar-refractivity contribution in [1.82, 2.24) is 10.2 Å². The Bertz CT molecular complexity index is 419. The number of rotatable bonds is 7. The van der Waals surface area contributed by atoms with Gasteiger partial charge in [0.15, 0.2) is 0 Å². The van der Waals surface area contributed by atoms with Crippen molar-refractivity contribution in [3.63, 3.8) is 0 Å². The summed E-state index contributed by atoms with van der Waals surface area (Å²) in [5.41, 5.74) is -0.696. The first kappa shape index (κ1) is 21.2. The fourth-order valence-electron chi connectivity index (χ4n) is 1.66. The number of carbonyl (C=O) groups excluding carboxylic acids is 3. The molecule has 0 saturated heterocycles. The first-order chi connectivity index (χ1) is 10.4. The van der Waals surface area contributed by atoms with Gasteiger partial charge in [-0.3, -0.25) is 4.79 Å². The second-order valence-corrected chi connectivity index (χ2v) is 6.11. The molecule has 1 atom stereocenters. The molecule has 0 fully saturated rings. The molecule has 0 spiro atoms. The largest absolute Gasteiger partial charge is 0.471 e. The van der Waals surface area contributed by atoms with Crippen molar-refractivity contribution in [2.75, 3.05) is 13.6 Å². The van der Waals surface area contributed by atoms with Gasteiger partial charge in [-0.05, 0) is 40.0 Å². The summed E-state index contributed by atoms with van der Waals surface area (Å²) in [6.07, 6.45) is -4.20. The Labute approximate surface area is 133 Å². The van der Waals surface area contributed by atoms with E-state index >= 15 is 0 Å². The van der Waals surface area contributed by atoms with Crippen LogP contribution in [0.5, 0.6) is 0 Å². The van der Waals surface area contributed by atoms with E-state index in [-0.39, 0.29) is 19.4 Å². The Balaban J connectivity index is 4.12. The molecule has 0 unspecified atom stereocenters. The molecule has 0 aliphatic heterocycles. The summed E-state index contributed by atoms with van der Waals surface area (Å²) < 4.78 is 41.5. The van der Waals surface area contributed by atoms with Crippen LogP contribution in [0.4, 0.5) is 18.0 Å². The molecule has 0 aromatic heterocycles. The van der Waals surface area contributed by atoms with Crippen LogP contribution in [0.2, 0.25) is 0 Å². The zero-order valence-corrected chi connectivity index (χ0v) is 13.7. The van der Waals surface area contributed by atoms with Crippen LogP contribution in [0.1, 0.15) is 40.0 Å². The minimum Gasteiger partial charge on any atom is -0.444 e. The lowest BCUT2D eigenvalue weighted by atomic mass is 10.1. The summed E-state index contributed by atoms with van der Waals surface area (Å²) in [6.45, 7) is 4.94. The number of aldehydes is 1. The number of hydrogen-bond acceptors (Lipinski definition) is 4. The lowest BCUT2D eigenvalue weighted by Crippen LogP contribution is -2.40. The van der Waals surface area contributed by atoms with Crippen molar-refractivity contribution in [2.24, 2.45) is 0 Å². The normalized spacial score (nSPS) is 13.2. The molecule has 0 radical (unpaired) electrons. The number of hydrogen-bond donors (Lipinski definition) is 1. The number of carbonyl (C=O) groups is 3. The zero-order valence-electron chi connectivity index (χ0n) is 13.7. The molecule has 0 aromatic rings. The predicted octanol–water partition coefficient (Wildman–Crippen LogP) is 2.27. The van der Waals surface area contributed by atoms with Gasteiger partial charge in [0.2, 0.25) is 0 Å². The fraction of sp³-hybridized carbons (Fsp3) is 0.786. The summed E-state index contributed by atoms with van der Waals surface area (Å²) >= 11 is 0. The lowest BCUT2D eigenvalue weighted by Gasteiger charge is -2.22. The van der Waals surface area contributed by atoms with Gasteiger partial charge in [0.1, 0.15) is 11.9 Å². The smallest absolute Gasteiger partial charge is 0.444 e. The van der Waals surface area contributed by atoms with Crippen LogP contribution in [0, 0.1) is 0 Å². The van der Waals surface area contributed by atoms with Crippen LogP contribution in [-0.2, 0) is 14.3 Å². The van der Waals surface area contributed by atoms with Crippen LogP contribution < -0.4 is 5.32 Å². The van der Waals surface area contributed by atoms with E-state index in [1.807, 2.05) is 0 Å². The van der Waals surface area contributed by atoms with Crippen LogP contribution in [0.3, 0.4) is 0 Å². The third-order valence-corrected chi connectivity index (χ3v) is 2.71. The molecule has 0 aliphatic carbocycles. The maximum absolute atomic E-state index is 12.2. The average Bonchev–Trinajstić information content (AvgIpc) is 2.37. The average molecular weight is 340 g/mol. The van der Waals surface area contributed by atoms with Gasteiger partial charge in [-0.2, -0.15) is 13.2 Å². The molecule has 2 amide bonds. The van der Waals surface area contributed by atoms with Gasteiger partial charge in [-0.1, -0.05) is 0 Å². The van der Waals surface area contributed by atoms with E-state index in [0.717, 1.165) is 7.05 Å². The van der Waals surface area contributed by atoms with E-state index in [2.05, 4.69) is 5.32 Å². The Morgan fingerprint density at radius 2 is 1.78 bits per heavy atom. The van der Waals surface area contributed by atoms with E-state index in [0.29, 0.717) is 17.6 Å². The van der Waals surface area contributed by atoms with Gasteiger partial charge in [-0.15, -0.1) is 0 Å². The number of unbranched alkanes of at least 4 members (excludes halogenated alkanes) is 1. The quantitative estimate of drug-likeness (QED) is 0.570. The highest BCUT2D eigenvalue weighted by Crippen LogP contribution is 2.18.